The Kier molecular flexibility index (Phi) is 7.63. The summed E-state index contributed by atoms with van der Waals surface area (Å²) < 4.78 is 9.14. The van der Waals surface area contributed by atoms with Crippen molar-refractivity contribution >= 4 is 107 Å². The second-order valence-electron chi connectivity index (χ2n) is 17.0. The number of hydrogen-bond donors (Lipinski definition) is 0. The van der Waals surface area contributed by atoms with Crippen LogP contribution in [0.1, 0.15) is 0 Å². The Hall–Kier alpha value is -8.04. The maximum Gasteiger partial charge on any atom is 0.143 e. The molecular weight excluding hydrogens is 793 g/mol. The predicted octanol–water partition coefficient (Wildman–Crippen LogP) is 18.4. The number of fused-ring (bicyclic) bond motifs is 12. The molecule has 0 aliphatic heterocycles. The highest BCUT2D eigenvalue weighted by atomic mass is 32.1. The van der Waals surface area contributed by atoms with Gasteiger partial charge in [0.1, 0.15) is 11.2 Å². The van der Waals surface area contributed by atoms with Gasteiger partial charge in [0.2, 0.25) is 0 Å². The van der Waals surface area contributed by atoms with Gasteiger partial charge in [-0.05, 0) is 123 Å². The standard InChI is InChI=1S/C62H36OS/c1-2-16-38(17-3-1)57-46-23-10-12-25-48(46)60(49-26-13-11-24-47(49)57)52-27-14-28-55-61(52)51-33-30-40(36-56(51)64-55)59-44-21-8-6-19-42(44)58(43-20-7-9-22-45(43)59)39-31-34-54-53(35-39)50-32-29-37-15-4-5-18-41(37)62(50)63-54/h1-36H. The van der Waals surface area contributed by atoms with E-state index in [0.29, 0.717) is 0 Å². The molecule has 2 heterocycles. The molecule has 0 amide bonds. The quantitative estimate of drug-likeness (QED) is 0.161. The monoisotopic (exact) mass is 828 g/mol. The number of furan rings is 1. The molecule has 0 radical (unpaired) electrons. The van der Waals surface area contributed by atoms with Crippen LogP contribution in [0.15, 0.2) is 223 Å². The van der Waals surface area contributed by atoms with Crippen LogP contribution in [0.2, 0.25) is 0 Å². The molecule has 0 aliphatic rings. The highest BCUT2D eigenvalue weighted by molar-refractivity contribution is 7.26. The SMILES string of the molecule is c1ccc(-c2c3ccccc3c(-c3cccc4sc5cc(-c6c7ccccc7c(-c7ccc8oc9c%10ccccc%10ccc9c8c7)c7ccccc67)ccc5c34)c3ccccc23)cc1. The predicted molar refractivity (Wildman–Crippen MR) is 276 cm³/mol. The minimum atomic E-state index is 0.908. The third-order valence-electron chi connectivity index (χ3n) is 13.6. The molecule has 12 aromatic carbocycles. The van der Waals surface area contributed by atoms with E-state index >= 15 is 0 Å². The van der Waals surface area contributed by atoms with Gasteiger partial charge in [-0.2, -0.15) is 0 Å². The van der Waals surface area contributed by atoms with E-state index < -0.39 is 0 Å². The van der Waals surface area contributed by atoms with Crippen molar-refractivity contribution in [1.82, 2.24) is 0 Å². The molecule has 1 nitrogen and oxygen atoms in total. The van der Waals surface area contributed by atoms with Gasteiger partial charge in [0.15, 0.2) is 0 Å². The highest BCUT2D eigenvalue weighted by Gasteiger charge is 2.22. The highest BCUT2D eigenvalue weighted by Crippen LogP contribution is 2.50. The van der Waals surface area contributed by atoms with E-state index in [4.69, 9.17) is 4.42 Å². The molecule has 64 heavy (non-hydrogen) atoms. The van der Waals surface area contributed by atoms with E-state index in [1.54, 1.807) is 0 Å². The van der Waals surface area contributed by atoms with E-state index in [1.165, 1.54) is 113 Å². The molecule has 0 N–H and O–H groups in total. The normalized spacial score (nSPS) is 12.1. The largest absolute Gasteiger partial charge is 0.455 e. The molecule has 2 heteroatoms. The summed E-state index contributed by atoms with van der Waals surface area (Å²) in [6.07, 6.45) is 0. The molecular formula is C62H36OS. The van der Waals surface area contributed by atoms with Gasteiger partial charge >= 0.3 is 0 Å². The minimum Gasteiger partial charge on any atom is -0.455 e. The Morgan fingerprint density at radius 2 is 0.781 bits per heavy atom. The van der Waals surface area contributed by atoms with Crippen molar-refractivity contribution in [3.8, 4) is 44.5 Å². The lowest BCUT2D eigenvalue weighted by molar-refractivity contribution is 0.672. The molecule has 0 saturated carbocycles. The summed E-state index contributed by atoms with van der Waals surface area (Å²) in [6.45, 7) is 0. The van der Waals surface area contributed by atoms with E-state index in [0.717, 1.165) is 27.3 Å². The first-order valence-electron chi connectivity index (χ1n) is 22.0. The van der Waals surface area contributed by atoms with E-state index in [-0.39, 0.29) is 0 Å². The Bertz CT molecular complexity index is 4130. The van der Waals surface area contributed by atoms with Gasteiger partial charge in [-0.15, -0.1) is 11.3 Å². The average molecular weight is 829 g/mol. The lowest BCUT2D eigenvalue weighted by atomic mass is 9.84. The number of hydrogen-bond acceptors (Lipinski definition) is 2. The summed E-state index contributed by atoms with van der Waals surface area (Å²) in [7, 11) is 0. The molecule has 14 rings (SSSR count). The van der Waals surface area contributed by atoms with Crippen LogP contribution in [-0.2, 0) is 0 Å². The van der Waals surface area contributed by atoms with Crippen molar-refractivity contribution in [3.05, 3.63) is 218 Å². The molecule has 296 valence electrons. The Morgan fingerprint density at radius 1 is 0.281 bits per heavy atom. The van der Waals surface area contributed by atoms with Crippen LogP contribution in [-0.4, -0.2) is 0 Å². The molecule has 0 aliphatic carbocycles. The molecule has 0 saturated heterocycles. The lowest BCUT2D eigenvalue weighted by Gasteiger charge is -2.18. The van der Waals surface area contributed by atoms with E-state index in [2.05, 4.69) is 218 Å². The maximum absolute atomic E-state index is 6.56. The van der Waals surface area contributed by atoms with Gasteiger partial charge in [-0.3, -0.25) is 0 Å². The minimum absolute atomic E-state index is 0.908. The summed E-state index contributed by atoms with van der Waals surface area (Å²) in [5.41, 5.74) is 11.9. The topological polar surface area (TPSA) is 13.1 Å². The van der Waals surface area contributed by atoms with Crippen LogP contribution in [0.3, 0.4) is 0 Å². The zero-order valence-electron chi connectivity index (χ0n) is 34.6. The fraction of sp³-hybridized carbons (Fsp3) is 0. The van der Waals surface area contributed by atoms with Gasteiger partial charge in [-0.1, -0.05) is 188 Å². The first-order valence-corrected chi connectivity index (χ1v) is 22.8. The summed E-state index contributed by atoms with van der Waals surface area (Å²) in [6, 6.07) is 80.5. The van der Waals surface area contributed by atoms with Crippen molar-refractivity contribution in [2.75, 3.05) is 0 Å². The Morgan fingerprint density at radius 3 is 1.41 bits per heavy atom. The van der Waals surface area contributed by atoms with Crippen LogP contribution in [0.5, 0.6) is 0 Å². The van der Waals surface area contributed by atoms with E-state index in [1.807, 2.05) is 11.3 Å². The number of benzene rings is 12. The third-order valence-corrected chi connectivity index (χ3v) is 14.7. The smallest absolute Gasteiger partial charge is 0.143 e. The summed E-state index contributed by atoms with van der Waals surface area (Å²) >= 11 is 1.90. The molecule has 0 atom stereocenters. The second-order valence-corrected chi connectivity index (χ2v) is 18.1. The van der Waals surface area contributed by atoms with Gasteiger partial charge in [-0.25, -0.2) is 0 Å². The second kappa shape index (κ2) is 13.7. The molecule has 2 aromatic heterocycles. The van der Waals surface area contributed by atoms with Crippen molar-refractivity contribution < 1.29 is 4.42 Å². The van der Waals surface area contributed by atoms with Gasteiger partial charge < -0.3 is 4.42 Å². The first kappa shape index (κ1) is 35.5. The van der Waals surface area contributed by atoms with Gasteiger partial charge in [0, 0.05) is 36.3 Å². The summed E-state index contributed by atoms with van der Waals surface area (Å²) in [5.74, 6) is 0. The Labute approximate surface area is 372 Å². The van der Waals surface area contributed by atoms with E-state index in [9.17, 15) is 0 Å². The van der Waals surface area contributed by atoms with Gasteiger partial charge in [0.25, 0.3) is 0 Å². The van der Waals surface area contributed by atoms with Crippen LogP contribution in [0.4, 0.5) is 0 Å². The molecule has 0 unspecified atom stereocenters. The zero-order valence-corrected chi connectivity index (χ0v) is 35.4. The molecule has 0 spiro atoms. The van der Waals surface area contributed by atoms with Crippen molar-refractivity contribution in [3.63, 3.8) is 0 Å². The van der Waals surface area contributed by atoms with Crippen LogP contribution in [0, 0.1) is 0 Å². The van der Waals surface area contributed by atoms with Crippen molar-refractivity contribution in [2.45, 2.75) is 0 Å². The molecule has 0 bridgehead atoms. The first-order chi connectivity index (χ1) is 31.8. The fourth-order valence-corrected chi connectivity index (χ4v) is 12.1. The molecule has 14 aromatic rings. The summed E-state index contributed by atoms with van der Waals surface area (Å²) in [5, 5.41) is 17.3. The van der Waals surface area contributed by atoms with Crippen LogP contribution >= 0.6 is 11.3 Å². The number of rotatable bonds is 4. The van der Waals surface area contributed by atoms with Crippen LogP contribution in [0.25, 0.3) is 140 Å². The molecule has 0 fully saturated rings. The van der Waals surface area contributed by atoms with Gasteiger partial charge in [0.05, 0.1) is 0 Å². The zero-order chi connectivity index (χ0) is 41.9. The Balaban J connectivity index is 0.980. The lowest BCUT2D eigenvalue weighted by Crippen LogP contribution is -1.91. The number of thiophene rings is 1. The van der Waals surface area contributed by atoms with Crippen molar-refractivity contribution in [2.24, 2.45) is 0 Å². The fourth-order valence-electron chi connectivity index (χ4n) is 10.9. The van der Waals surface area contributed by atoms with Crippen molar-refractivity contribution in [1.29, 1.82) is 0 Å². The average Bonchev–Trinajstić information content (AvgIpc) is 3.93. The third kappa shape index (κ3) is 5.12. The summed E-state index contributed by atoms with van der Waals surface area (Å²) in [4.78, 5) is 0. The maximum atomic E-state index is 6.56. The van der Waals surface area contributed by atoms with Crippen LogP contribution < -0.4 is 0 Å².